The maximum Gasteiger partial charge on any atom is 0.166 e. The Kier molecular flexibility index (Phi) is 9.58. The summed E-state index contributed by atoms with van der Waals surface area (Å²) in [6.07, 6.45) is 12.0. The van der Waals surface area contributed by atoms with Crippen LogP contribution in [-0.4, -0.2) is 31.4 Å². The molecule has 1 aliphatic carbocycles. The number of aliphatic imine (C=N–C) groups is 1. The van der Waals surface area contributed by atoms with Gasteiger partial charge in [0.25, 0.3) is 0 Å². The smallest absolute Gasteiger partial charge is 0.166 e. The summed E-state index contributed by atoms with van der Waals surface area (Å²) in [5, 5.41) is 4.04. The number of hydrogen-bond donors (Lipinski definition) is 1. The van der Waals surface area contributed by atoms with Crippen LogP contribution in [-0.2, 0) is 9.53 Å². The zero-order valence-corrected chi connectivity index (χ0v) is 25.1. The standard InChI is InChI=1S/C32H34ClIN2O3/c1-21-18-23-7-12-30(35-20-24(23)19-27(32(21)37)31-28(33)5-2-6-29(31)34)36-25-8-10-26(11-9-25)39-15-3-4-22-13-16-38-17-14-22/h2,5-11,19-22H,3-4,12-18H2,1H3,(H,35,36). The third kappa shape index (κ3) is 7.21. The molecule has 0 spiro atoms. The van der Waals surface area contributed by atoms with Crippen LogP contribution in [0.2, 0.25) is 5.02 Å². The number of carbonyl (C=O) groups excluding carboxylic acids is 1. The Morgan fingerprint density at radius 1 is 1.15 bits per heavy atom. The van der Waals surface area contributed by atoms with Crippen molar-refractivity contribution < 1.29 is 14.3 Å². The summed E-state index contributed by atoms with van der Waals surface area (Å²) >= 11 is 8.79. The topological polar surface area (TPSA) is 59.9 Å². The molecule has 3 aliphatic rings. The van der Waals surface area contributed by atoms with Crippen molar-refractivity contribution in [1.29, 1.82) is 0 Å². The summed E-state index contributed by atoms with van der Waals surface area (Å²) in [6.45, 7) is 4.53. The van der Waals surface area contributed by atoms with Crippen molar-refractivity contribution in [2.75, 3.05) is 25.1 Å². The Hall–Kier alpha value is -2.42. The third-order valence-electron chi connectivity index (χ3n) is 7.55. The fourth-order valence-corrected chi connectivity index (χ4v) is 6.52. The molecule has 0 bridgehead atoms. The number of anilines is 1. The van der Waals surface area contributed by atoms with Gasteiger partial charge in [-0.1, -0.05) is 30.7 Å². The molecule has 5 nitrogen and oxygen atoms in total. The van der Waals surface area contributed by atoms with Gasteiger partial charge in [-0.25, -0.2) is 4.99 Å². The van der Waals surface area contributed by atoms with Crippen molar-refractivity contribution in [2.24, 2.45) is 16.8 Å². The number of rotatable bonds is 7. The number of ether oxygens (including phenoxy) is 2. The number of benzene rings is 2. The van der Waals surface area contributed by atoms with E-state index in [1.54, 1.807) is 0 Å². The lowest BCUT2D eigenvalue weighted by molar-refractivity contribution is -0.116. The maximum atomic E-state index is 13.3. The van der Waals surface area contributed by atoms with Gasteiger partial charge < -0.3 is 14.8 Å². The van der Waals surface area contributed by atoms with Crippen molar-refractivity contribution in [3.8, 4) is 5.75 Å². The first-order chi connectivity index (χ1) is 19.0. The minimum atomic E-state index is -0.140. The van der Waals surface area contributed by atoms with Gasteiger partial charge in [0.15, 0.2) is 5.78 Å². The normalized spacial score (nSPS) is 20.1. The van der Waals surface area contributed by atoms with E-state index in [-0.39, 0.29) is 11.7 Å². The highest BCUT2D eigenvalue weighted by atomic mass is 127. The van der Waals surface area contributed by atoms with E-state index in [1.165, 1.54) is 19.3 Å². The van der Waals surface area contributed by atoms with Crippen LogP contribution >= 0.6 is 34.2 Å². The van der Waals surface area contributed by atoms with E-state index in [4.69, 9.17) is 26.1 Å². The molecular formula is C32H34ClIN2O3. The van der Waals surface area contributed by atoms with Gasteiger partial charge in [-0.3, -0.25) is 4.79 Å². The number of Topliss-reactive ketones (excluding diaryl/α,β-unsaturated/α-hetero) is 1. The van der Waals surface area contributed by atoms with E-state index < -0.39 is 0 Å². The molecule has 2 heterocycles. The average molecular weight is 657 g/mol. The van der Waals surface area contributed by atoms with Crippen LogP contribution in [0.3, 0.4) is 0 Å². The van der Waals surface area contributed by atoms with Crippen molar-refractivity contribution >= 4 is 57.1 Å². The molecule has 39 heavy (non-hydrogen) atoms. The highest BCUT2D eigenvalue weighted by Crippen LogP contribution is 2.38. The summed E-state index contributed by atoms with van der Waals surface area (Å²) in [4.78, 5) is 18.1. The molecule has 2 aliphatic heterocycles. The van der Waals surface area contributed by atoms with Crippen LogP contribution in [0, 0.1) is 15.4 Å². The summed E-state index contributed by atoms with van der Waals surface area (Å²) < 4.78 is 12.4. The Bertz CT molecular complexity index is 1300. The zero-order chi connectivity index (χ0) is 27.2. The van der Waals surface area contributed by atoms with Crippen LogP contribution in [0.4, 0.5) is 5.69 Å². The van der Waals surface area contributed by atoms with E-state index in [0.717, 1.165) is 69.7 Å². The molecule has 1 saturated heterocycles. The number of nitrogens with one attached hydrogen (secondary N) is 1. The first-order valence-electron chi connectivity index (χ1n) is 13.7. The number of carbonyl (C=O) groups is 1. The lowest BCUT2D eigenvalue weighted by Gasteiger charge is -2.21. The molecule has 2 aromatic carbocycles. The number of ketones is 1. The van der Waals surface area contributed by atoms with Crippen molar-refractivity contribution in [3.05, 3.63) is 86.1 Å². The second-order valence-electron chi connectivity index (χ2n) is 10.4. The monoisotopic (exact) mass is 656 g/mol. The molecular weight excluding hydrogens is 623 g/mol. The maximum absolute atomic E-state index is 13.3. The zero-order valence-electron chi connectivity index (χ0n) is 22.2. The van der Waals surface area contributed by atoms with Crippen molar-refractivity contribution in [3.63, 3.8) is 0 Å². The minimum Gasteiger partial charge on any atom is -0.494 e. The SMILES string of the molecule is CC1CC2=CCC(Nc3ccc(OCCCC4CCOCC4)cc3)=NC=C2C=C(c2c(Cl)cccc2I)C1=O. The van der Waals surface area contributed by atoms with Gasteiger partial charge in [0.2, 0.25) is 0 Å². The molecule has 0 saturated carbocycles. The minimum absolute atomic E-state index is 0.115. The van der Waals surface area contributed by atoms with Crippen molar-refractivity contribution in [2.45, 2.75) is 45.4 Å². The van der Waals surface area contributed by atoms with Crippen LogP contribution < -0.4 is 10.1 Å². The molecule has 1 fully saturated rings. The van der Waals surface area contributed by atoms with Crippen LogP contribution in [0.1, 0.15) is 51.0 Å². The molecule has 1 N–H and O–H groups in total. The lowest BCUT2D eigenvalue weighted by atomic mass is 9.92. The van der Waals surface area contributed by atoms with Gasteiger partial charge in [-0.2, -0.15) is 0 Å². The van der Waals surface area contributed by atoms with E-state index in [9.17, 15) is 4.79 Å². The summed E-state index contributed by atoms with van der Waals surface area (Å²) in [6, 6.07) is 13.8. The van der Waals surface area contributed by atoms with Crippen LogP contribution in [0.15, 0.2) is 77.0 Å². The predicted octanol–water partition coefficient (Wildman–Crippen LogP) is 8.25. The van der Waals surface area contributed by atoms with E-state index >= 15 is 0 Å². The number of allylic oxidation sites excluding steroid dienone is 4. The second kappa shape index (κ2) is 13.3. The molecule has 0 radical (unpaired) electrons. The van der Waals surface area contributed by atoms with Gasteiger partial charge in [0.1, 0.15) is 11.6 Å². The lowest BCUT2D eigenvalue weighted by Crippen LogP contribution is -2.16. The molecule has 0 amide bonds. The Labute approximate surface area is 249 Å². The third-order valence-corrected chi connectivity index (χ3v) is 8.77. The van der Waals surface area contributed by atoms with E-state index in [2.05, 4.69) is 34.0 Å². The van der Waals surface area contributed by atoms with Crippen molar-refractivity contribution in [1.82, 2.24) is 0 Å². The number of halogens is 2. The predicted molar refractivity (Wildman–Crippen MR) is 167 cm³/mol. The number of nitrogens with zero attached hydrogens (tertiary/aromatic N) is 1. The van der Waals surface area contributed by atoms with Gasteiger partial charge in [0.05, 0.1) is 6.61 Å². The van der Waals surface area contributed by atoms with Gasteiger partial charge in [0, 0.05) is 57.2 Å². The summed E-state index contributed by atoms with van der Waals surface area (Å²) in [5.41, 5.74) is 4.52. The second-order valence-corrected chi connectivity index (χ2v) is 12.0. The number of hydrogen-bond acceptors (Lipinski definition) is 5. The molecule has 2 aromatic rings. The van der Waals surface area contributed by atoms with E-state index in [1.807, 2.05) is 61.7 Å². The molecule has 5 rings (SSSR count). The molecule has 7 heteroatoms. The Balaban J connectivity index is 1.24. The number of fused-ring (bicyclic) bond motifs is 1. The molecule has 1 unspecified atom stereocenters. The molecule has 204 valence electrons. The van der Waals surface area contributed by atoms with E-state index in [0.29, 0.717) is 23.4 Å². The quantitative estimate of drug-likeness (QED) is 0.241. The highest BCUT2D eigenvalue weighted by molar-refractivity contribution is 14.1. The van der Waals surface area contributed by atoms with Gasteiger partial charge in [-0.15, -0.1) is 0 Å². The Morgan fingerprint density at radius 3 is 2.72 bits per heavy atom. The molecule has 1 atom stereocenters. The van der Waals surface area contributed by atoms with Crippen LogP contribution in [0.5, 0.6) is 5.75 Å². The summed E-state index contributed by atoms with van der Waals surface area (Å²) in [7, 11) is 0. The largest absolute Gasteiger partial charge is 0.494 e. The van der Waals surface area contributed by atoms with Crippen LogP contribution in [0.25, 0.3) is 5.57 Å². The molecule has 0 aromatic heterocycles. The Morgan fingerprint density at radius 2 is 1.95 bits per heavy atom. The first-order valence-corrected chi connectivity index (χ1v) is 15.2. The first kappa shape index (κ1) is 28.1. The average Bonchev–Trinajstić information content (AvgIpc) is 3.19. The van der Waals surface area contributed by atoms with Gasteiger partial charge in [-0.05, 0) is 114 Å². The fourth-order valence-electron chi connectivity index (χ4n) is 5.30. The fraction of sp³-hybridized carbons (Fsp3) is 0.375. The number of amidine groups is 1. The summed E-state index contributed by atoms with van der Waals surface area (Å²) in [5.74, 6) is 2.49. The van der Waals surface area contributed by atoms with Gasteiger partial charge >= 0.3 is 0 Å². The highest BCUT2D eigenvalue weighted by Gasteiger charge is 2.28.